The summed E-state index contributed by atoms with van der Waals surface area (Å²) in [6.07, 6.45) is 1.36. The van der Waals surface area contributed by atoms with E-state index in [2.05, 4.69) is 15.5 Å². The van der Waals surface area contributed by atoms with Crippen LogP contribution >= 0.6 is 11.6 Å². The van der Waals surface area contributed by atoms with Crippen LogP contribution < -0.4 is 5.32 Å². The van der Waals surface area contributed by atoms with Gasteiger partial charge in [0.25, 0.3) is 5.91 Å². The number of anilines is 1. The van der Waals surface area contributed by atoms with E-state index in [1.807, 2.05) is 30.3 Å². The first kappa shape index (κ1) is 18.2. The second-order valence-corrected chi connectivity index (χ2v) is 6.93. The van der Waals surface area contributed by atoms with E-state index in [4.69, 9.17) is 20.8 Å². The molecule has 0 atom stereocenters. The molecule has 1 fully saturated rings. The summed E-state index contributed by atoms with van der Waals surface area (Å²) in [4.78, 5) is 24.5. The van der Waals surface area contributed by atoms with Gasteiger partial charge < -0.3 is 9.15 Å². The maximum atomic E-state index is 12.5. The summed E-state index contributed by atoms with van der Waals surface area (Å²) in [5.74, 6) is -0.698. The standard InChI is InChI=1S/C20H16ClN3O4/c21-15-8-6-14(7-9-15)20(10-11-20)18(26)27-12-16(25)22-19-24-23-17(28-19)13-4-2-1-3-5-13/h1-9H,10-12H2,(H,22,24,25). The highest BCUT2D eigenvalue weighted by atomic mass is 35.5. The molecule has 7 nitrogen and oxygen atoms in total. The highest BCUT2D eigenvalue weighted by Crippen LogP contribution is 2.49. The van der Waals surface area contributed by atoms with E-state index in [9.17, 15) is 9.59 Å². The molecular formula is C20H16ClN3O4. The summed E-state index contributed by atoms with van der Waals surface area (Å²) < 4.78 is 10.6. The van der Waals surface area contributed by atoms with E-state index in [-0.39, 0.29) is 11.9 Å². The second-order valence-electron chi connectivity index (χ2n) is 6.49. The number of carbonyl (C=O) groups excluding carboxylic acids is 2. The van der Waals surface area contributed by atoms with Crippen molar-refractivity contribution in [2.45, 2.75) is 18.3 Å². The number of ether oxygens (including phenoxy) is 1. The molecule has 4 rings (SSSR count). The van der Waals surface area contributed by atoms with Crippen molar-refractivity contribution >= 4 is 29.5 Å². The van der Waals surface area contributed by atoms with E-state index in [1.165, 1.54) is 0 Å². The molecule has 8 heteroatoms. The highest BCUT2D eigenvalue weighted by Gasteiger charge is 2.52. The van der Waals surface area contributed by atoms with Crippen molar-refractivity contribution in [2.24, 2.45) is 0 Å². The quantitative estimate of drug-likeness (QED) is 0.638. The lowest BCUT2D eigenvalue weighted by atomic mass is 9.96. The third-order valence-corrected chi connectivity index (χ3v) is 4.82. The van der Waals surface area contributed by atoms with Gasteiger partial charge in [-0.25, -0.2) is 0 Å². The zero-order chi connectivity index (χ0) is 19.6. The number of amides is 1. The molecule has 0 spiro atoms. The highest BCUT2D eigenvalue weighted by molar-refractivity contribution is 6.30. The molecule has 142 valence electrons. The van der Waals surface area contributed by atoms with Crippen LogP contribution in [0.1, 0.15) is 18.4 Å². The van der Waals surface area contributed by atoms with Crippen LogP contribution in [0.2, 0.25) is 5.02 Å². The Bertz CT molecular complexity index is 998. The van der Waals surface area contributed by atoms with Crippen molar-refractivity contribution < 1.29 is 18.7 Å². The number of nitrogens with zero attached hydrogens (tertiary/aromatic N) is 2. The van der Waals surface area contributed by atoms with Crippen LogP contribution in [-0.4, -0.2) is 28.7 Å². The normalized spacial score (nSPS) is 14.3. The fourth-order valence-electron chi connectivity index (χ4n) is 2.90. The molecule has 1 heterocycles. The van der Waals surface area contributed by atoms with Crippen molar-refractivity contribution in [3.63, 3.8) is 0 Å². The third kappa shape index (κ3) is 3.75. The average molecular weight is 398 g/mol. The lowest BCUT2D eigenvalue weighted by Crippen LogP contribution is -2.28. The van der Waals surface area contributed by atoms with Crippen LogP contribution in [0.15, 0.2) is 59.0 Å². The Morgan fingerprint density at radius 1 is 1.07 bits per heavy atom. The van der Waals surface area contributed by atoms with Crippen LogP contribution in [-0.2, 0) is 19.7 Å². The van der Waals surface area contributed by atoms with Crippen molar-refractivity contribution in [3.8, 4) is 11.5 Å². The molecule has 0 unspecified atom stereocenters. The SMILES string of the molecule is O=C(COC(=O)C1(c2ccc(Cl)cc2)CC1)Nc1nnc(-c2ccccc2)o1. The zero-order valence-corrected chi connectivity index (χ0v) is 15.5. The van der Waals surface area contributed by atoms with Crippen molar-refractivity contribution in [3.05, 3.63) is 65.2 Å². The molecule has 0 saturated heterocycles. The van der Waals surface area contributed by atoms with Crippen molar-refractivity contribution in [1.82, 2.24) is 10.2 Å². The van der Waals surface area contributed by atoms with Gasteiger partial charge in [-0.1, -0.05) is 47.0 Å². The second kappa shape index (κ2) is 7.44. The Labute approximate surface area is 165 Å². The number of benzene rings is 2. The lowest BCUT2D eigenvalue weighted by Gasteiger charge is -2.14. The van der Waals surface area contributed by atoms with E-state index in [0.29, 0.717) is 17.9 Å². The Kier molecular flexibility index (Phi) is 4.83. The molecule has 3 aromatic rings. The van der Waals surface area contributed by atoms with Crippen LogP contribution in [0, 0.1) is 0 Å². The van der Waals surface area contributed by atoms with Gasteiger partial charge in [0.2, 0.25) is 5.89 Å². The number of hydrogen-bond donors (Lipinski definition) is 1. The molecule has 2 aromatic carbocycles. The Morgan fingerprint density at radius 2 is 1.79 bits per heavy atom. The van der Waals surface area contributed by atoms with Crippen molar-refractivity contribution in [2.75, 3.05) is 11.9 Å². The number of hydrogen-bond acceptors (Lipinski definition) is 6. The Hall–Kier alpha value is -3.19. The fourth-order valence-corrected chi connectivity index (χ4v) is 3.03. The number of carbonyl (C=O) groups is 2. The number of halogens is 1. The van der Waals surface area contributed by atoms with E-state index in [1.54, 1.807) is 24.3 Å². The lowest BCUT2D eigenvalue weighted by molar-refractivity contribution is -0.150. The monoisotopic (exact) mass is 397 g/mol. The first-order valence-electron chi connectivity index (χ1n) is 8.69. The van der Waals surface area contributed by atoms with Gasteiger partial charge in [-0.15, -0.1) is 5.10 Å². The minimum Gasteiger partial charge on any atom is -0.455 e. The number of rotatable bonds is 6. The molecule has 0 radical (unpaired) electrons. The molecule has 1 aliphatic rings. The smallest absolute Gasteiger partial charge is 0.322 e. The summed E-state index contributed by atoms with van der Waals surface area (Å²) >= 11 is 5.89. The van der Waals surface area contributed by atoms with Gasteiger partial charge in [0.1, 0.15) is 0 Å². The van der Waals surface area contributed by atoms with Gasteiger partial charge in [0.05, 0.1) is 5.41 Å². The predicted molar refractivity (Wildman–Crippen MR) is 102 cm³/mol. The van der Waals surface area contributed by atoms with Gasteiger partial charge in [-0.2, -0.15) is 0 Å². The molecular weight excluding hydrogens is 382 g/mol. The van der Waals surface area contributed by atoms with Crippen LogP contribution in [0.3, 0.4) is 0 Å². The molecule has 1 amide bonds. The molecule has 1 aliphatic carbocycles. The molecule has 0 bridgehead atoms. The minimum absolute atomic E-state index is 0.0567. The Morgan fingerprint density at radius 3 is 2.46 bits per heavy atom. The van der Waals surface area contributed by atoms with E-state index >= 15 is 0 Å². The van der Waals surface area contributed by atoms with E-state index in [0.717, 1.165) is 11.1 Å². The number of aromatic nitrogens is 2. The topological polar surface area (TPSA) is 94.3 Å². The van der Waals surface area contributed by atoms with Crippen LogP contribution in [0.25, 0.3) is 11.5 Å². The largest absolute Gasteiger partial charge is 0.455 e. The maximum Gasteiger partial charge on any atom is 0.322 e. The van der Waals surface area contributed by atoms with Gasteiger partial charge in [-0.3, -0.25) is 14.9 Å². The first-order chi connectivity index (χ1) is 13.6. The maximum absolute atomic E-state index is 12.5. The molecule has 1 N–H and O–H groups in total. The molecule has 0 aliphatic heterocycles. The van der Waals surface area contributed by atoms with Crippen molar-refractivity contribution in [1.29, 1.82) is 0 Å². The average Bonchev–Trinajstić information content (AvgIpc) is 3.40. The zero-order valence-electron chi connectivity index (χ0n) is 14.7. The van der Waals surface area contributed by atoms with Gasteiger partial charge in [0, 0.05) is 10.6 Å². The van der Waals surface area contributed by atoms with Gasteiger partial charge in [-0.05, 0) is 42.7 Å². The van der Waals surface area contributed by atoms with Crippen LogP contribution in [0.5, 0.6) is 0 Å². The Balaban J connectivity index is 1.33. The fraction of sp³-hybridized carbons (Fsp3) is 0.200. The third-order valence-electron chi connectivity index (χ3n) is 4.56. The molecule has 1 saturated carbocycles. The first-order valence-corrected chi connectivity index (χ1v) is 9.07. The predicted octanol–water partition coefficient (Wildman–Crippen LogP) is 3.60. The summed E-state index contributed by atoms with van der Waals surface area (Å²) in [6, 6.07) is 16.2. The van der Waals surface area contributed by atoms with Gasteiger partial charge in [0.15, 0.2) is 6.61 Å². The summed E-state index contributed by atoms with van der Waals surface area (Å²) in [5, 5.41) is 10.7. The summed E-state index contributed by atoms with van der Waals surface area (Å²) in [6.45, 7) is -0.433. The number of nitrogens with one attached hydrogen (secondary N) is 1. The summed E-state index contributed by atoms with van der Waals surface area (Å²) in [7, 11) is 0. The van der Waals surface area contributed by atoms with Crippen LogP contribution in [0.4, 0.5) is 6.01 Å². The molecule has 28 heavy (non-hydrogen) atoms. The van der Waals surface area contributed by atoms with E-state index < -0.39 is 23.9 Å². The number of esters is 1. The molecule has 1 aromatic heterocycles. The minimum atomic E-state index is -0.685. The summed E-state index contributed by atoms with van der Waals surface area (Å²) in [5.41, 5.74) is 0.891. The van der Waals surface area contributed by atoms with Gasteiger partial charge >= 0.3 is 12.0 Å².